The Morgan fingerprint density at radius 1 is 1.24 bits per heavy atom. The van der Waals surface area contributed by atoms with Gasteiger partial charge in [-0.25, -0.2) is 0 Å². The van der Waals surface area contributed by atoms with Crippen LogP contribution in [0.5, 0.6) is 0 Å². The van der Waals surface area contributed by atoms with E-state index in [0.717, 1.165) is 12.1 Å². The Labute approximate surface area is 120 Å². The minimum atomic E-state index is -4.42. The van der Waals surface area contributed by atoms with E-state index in [-0.39, 0.29) is 6.54 Å². The van der Waals surface area contributed by atoms with Gasteiger partial charge >= 0.3 is 6.18 Å². The topological polar surface area (TPSA) is 59.4 Å². The summed E-state index contributed by atoms with van der Waals surface area (Å²) in [5.74, 6) is -0.0202. The molecule has 0 saturated carbocycles. The molecule has 0 aliphatic carbocycles. The first-order valence-corrected chi connectivity index (χ1v) is 6.43. The molecule has 0 radical (unpaired) electrons. The van der Waals surface area contributed by atoms with Crippen molar-refractivity contribution in [2.75, 3.05) is 6.54 Å². The van der Waals surface area contributed by atoms with E-state index in [1.807, 2.05) is 0 Å². The van der Waals surface area contributed by atoms with Gasteiger partial charge in [-0.05, 0) is 24.6 Å². The van der Waals surface area contributed by atoms with E-state index >= 15 is 0 Å². The largest absolute Gasteiger partial charge is 0.469 e. The summed E-state index contributed by atoms with van der Waals surface area (Å²) in [5.41, 5.74) is 5.73. The third kappa shape index (κ3) is 3.46. The predicted octanol–water partition coefficient (Wildman–Crippen LogP) is 3.38. The molecular weight excluding hydrogens is 283 g/mol. The van der Waals surface area contributed by atoms with E-state index in [2.05, 4.69) is 0 Å². The number of aryl methyl sites for hydroxylation is 1. The fourth-order valence-corrected chi connectivity index (χ4v) is 2.24. The smallest absolute Gasteiger partial charge is 0.416 e. The minimum absolute atomic E-state index is 0.0205. The average Bonchev–Trinajstić information content (AvgIpc) is 2.85. The van der Waals surface area contributed by atoms with Crippen molar-refractivity contribution < 1.29 is 22.7 Å². The van der Waals surface area contributed by atoms with Crippen LogP contribution in [0.3, 0.4) is 0 Å². The zero-order valence-corrected chi connectivity index (χ0v) is 11.4. The van der Waals surface area contributed by atoms with Gasteiger partial charge in [0.05, 0.1) is 17.9 Å². The van der Waals surface area contributed by atoms with Gasteiger partial charge in [-0.3, -0.25) is 0 Å². The zero-order valence-electron chi connectivity index (χ0n) is 11.4. The van der Waals surface area contributed by atoms with Gasteiger partial charge in [-0.1, -0.05) is 18.2 Å². The molecule has 0 amide bonds. The van der Waals surface area contributed by atoms with Crippen LogP contribution in [-0.2, 0) is 6.18 Å². The van der Waals surface area contributed by atoms with Crippen molar-refractivity contribution in [3.8, 4) is 0 Å². The van der Waals surface area contributed by atoms with Crippen molar-refractivity contribution in [1.82, 2.24) is 0 Å². The lowest BCUT2D eigenvalue weighted by atomic mass is 9.89. The highest BCUT2D eigenvalue weighted by Gasteiger charge is 2.32. The number of hydrogen-bond acceptors (Lipinski definition) is 3. The Hall–Kier alpha value is -1.79. The number of aliphatic hydroxyl groups is 1. The second-order valence-electron chi connectivity index (χ2n) is 4.90. The molecular formula is C15H16F3NO2. The van der Waals surface area contributed by atoms with Gasteiger partial charge in [0.1, 0.15) is 5.76 Å². The maximum absolute atomic E-state index is 12.8. The highest BCUT2D eigenvalue weighted by Crippen LogP contribution is 2.35. The summed E-state index contributed by atoms with van der Waals surface area (Å²) in [7, 11) is 0. The first kappa shape index (κ1) is 15.6. The summed E-state index contributed by atoms with van der Waals surface area (Å²) in [5, 5.41) is 10.3. The fraction of sp³-hybridized carbons (Fsp3) is 0.333. The minimum Gasteiger partial charge on any atom is -0.469 e. The third-order valence-electron chi connectivity index (χ3n) is 3.37. The summed E-state index contributed by atoms with van der Waals surface area (Å²) in [4.78, 5) is 0. The highest BCUT2D eigenvalue weighted by molar-refractivity contribution is 5.31. The van der Waals surface area contributed by atoms with E-state index in [1.54, 1.807) is 13.0 Å². The summed E-state index contributed by atoms with van der Waals surface area (Å²) >= 11 is 0. The van der Waals surface area contributed by atoms with E-state index in [0.29, 0.717) is 16.9 Å². The number of aliphatic hydroxyl groups excluding tert-OH is 1. The average molecular weight is 299 g/mol. The summed E-state index contributed by atoms with van der Waals surface area (Å²) < 4.78 is 43.4. The molecule has 2 unspecified atom stereocenters. The Morgan fingerprint density at radius 2 is 1.95 bits per heavy atom. The Balaban J connectivity index is 2.33. The summed E-state index contributed by atoms with van der Waals surface area (Å²) in [6, 6.07) is 6.50. The second kappa shape index (κ2) is 5.91. The maximum atomic E-state index is 12.8. The number of furan rings is 1. The molecule has 3 nitrogen and oxygen atoms in total. The van der Waals surface area contributed by atoms with E-state index in [4.69, 9.17) is 10.2 Å². The number of benzene rings is 1. The fourth-order valence-electron chi connectivity index (χ4n) is 2.24. The highest BCUT2D eigenvalue weighted by atomic mass is 19.4. The van der Waals surface area contributed by atoms with Gasteiger partial charge in [-0.15, -0.1) is 0 Å². The standard InChI is InChI=1S/C15H16F3NO2/c1-9-5-11(8-21-9)14(20)13(7-19)10-3-2-4-12(6-10)15(16,17)18/h2-6,8,13-14,20H,7,19H2,1H3. The molecule has 0 spiro atoms. The molecule has 2 atom stereocenters. The van der Waals surface area contributed by atoms with Crippen LogP contribution >= 0.6 is 0 Å². The molecule has 1 aromatic carbocycles. The van der Waals surface area contributed by atoms with Gasteiger partial charge in [0.2, 0.25) is 0 Å². The molecule has 2 rings (SSSR count). The van der Waals surface area contributed by atoms with E-state index in [9.17, 15) is 18.3 Å². The van der Waals surface area contributed by atoms with Crippen molar-refractivity contribution >= 4 is 0 Å². The Bertz CT molecular complexity index is 607. The second-order valence-corrected chi connectivity index (χ2v) is 4.90. The van der Waals surface area contributed by atoms with Crippen LogP contribution in [0.15, 0.2) is 41.0 Å². The molecule has 0 aliphatic rings. The van der Waals surface area contributed by atoms with Crippen molar-refractivity contribution in [1.29, 1.82) is 0 Å². The van der Waals surface area contributed by atoms with Crippen molar-refractivity contribution in [2.45, 2.75) is 25.1 Å². The van der Waals surface area contributed by atoms with Gasteiger partial charge in [0.15, 0.2) is 0 Å². The molecule has 6 heteroatoms. The number of nitrogens with two attached hydrogens (primary N) is 1. The molecule has 114 valence electrons. The van der Waals surface area contributed by atoms with Gasteiger partial charge in [0.25, 0.3) is 0 Å². The third-order valence-corrected chi connectivity index (χ3v) is 3.37. The normalized spacial score (nSPS) is 15.0. The number of halogens is 3. The molecule has 21 heavy (non-hydrogen) atoms. The van der Waals surface area contributed by atoms with Crippen molar-refractivity contribution in [3.63, 3.8) is 0 Å². The zero-order chi connectivity index (χ0) is 15.6. The first-order chi connectivity index (χ1) is 9.82. The Morgan fingerprint density at radius 3 is 2.48 bits per heavy atom. The first-order valence-electron chi connectivity index (χ1n) is 6.43. The van der Waals surface area contributed by atoms with Crippen molar-refractivity contribution in [3.05, 3.63) is 59.0 Å². The van der Waals surface area contributed by atoms with Crippen LogP contribution in [-0.4, -0.2) is 11.7 Å². The summed E-state index contributed by atoms with van der Waals surface area (Å²) in [6.07, 6.45) is -4.06. The lowest BCUT2D eigenvalue weighted by molar-refractivity contribution is -0.137. The lowest BCUT2D eigenvalue weighted by Gasteiger charge is -2.22. The van der Waals surface area contributed by atoms with Crippen LogP contribution in [0.25, 0.3) is 0 Å². The number of alkyl halides is 3. The van der Waals surface area contributed by atoms with Crippen LogP contribution in [0.1, 0.15) is 34.5 Å². The molecule has 0 saturated heterocycles. The number of hydrogen-bond donors (Lipinski definition) is 2. The van der Waals surface area contributed by atoms with E-state index in [1.165, 1.54) is 18.4 Å². The van der Waals surface area contributed by atoms with E-state index < -0.39 is 23.8 Å². The van der Waals surface area contributed by atoms with Crippen LogP contribution in [0.4, 0.5) is 13.2 Å². The molecule has 0 aliphatic heterocycles. The molecule has 0 fully saturated rings. The molecule has 1 heterocycles. The SMILES string of the molecule is Cc1cc(C(O)C(CN)c2cccc(C(F)(F)F)c2)co1. The molecule has 2 aromatic rings. The quantitative estimate of drug-likeness (QED) is 0.910. The van der Waals surface area contributed by atoms with Crippen LogP contribution in [0.2, 0.25) is 0 Å². The molecule has 0 bridgehead atoms. The monoisotopic (exact) mass is 299 g/mol. The van der Waals surface area contributed by atoms with Gasteiger partial charge in [0, 0.05) is 18.0 Å². The molecule has 3 N–H and O–H groups in total. The van der Waals surface area contributed by atoms with Crippen molar-refractivity contribution in [2.24, 2.45) is 5.73 Å². The van der Waals surface area contributed by atoms with Crippen LogP contribution in [0, 0.1) is 6.92 Å². The number of rotatable bonds is 4. The van der Waals surface area contributed by atoms with Gasteiger partial charge in [-0.2, -0.15) is 13.2 Å². The van der Waals surface area contributed by atoms with Gasteiger partial charge < -0.3 is 15.3 Å². The lowest BCUT2D eigenvalue weighted by Crippen LogP contribution is -2.20. The predicted molar refractivity (Wildman–Crippen MR) is 71.6 cm³/mol. The maximum Gasteiger partial charge on any atom is 0.416 e. The Kier molecular flexibility index (Phi) is 4.39. The summed E-state index contributed by atoms with van der Waals surface area (Å²) in [6.45, 7) is 1.74. The van der Waals surface area contributed by atoms with Crippen LogP contribution < -0.4 is 5.73 Å². The molecule has 1 aromatic heterocycles.